The molecule has 3 rings (SSSR count). The molecule has 0 aromatic heterocycles. The van der Waals surface area contributed by atoms with E-state index < -0.39 is 50.1 Å². The largest absolute Gasteiger partial charge is 0.387 e. The zero-order chi connectivity index (χ0) is 22.1. The number of aliphatic hydroxyl groups excluding tert-OH is 3. The second-order valence-corrected chi connectivity index (χ2v) is 8.00. The van der Waals surface area contributed by atoms with E-state index in [-0.39, 0.29) is 24.3 Å². The van der Waals surface area contributed by atoms with Crippen molar-refractivity contribution in [1.29, 1.82) is 0 Å². The van der Waals surface area contributed by atoms with Gasteiger partial charge in [-0.05, 0) is 18.2 Å². The van der Waals surface area contributed by atoms with Crippen molar-refractivity contribution in [2.24, 2.45) is 0 Å². The number of nitrogens with zero attached hydrogens (tertiary/aromatic N) is 1. The summed E-state index contributed by atoms with van der Waals surface area (Å²) in [5.41, 5.74) is 0.400. The number of hydrogen-bond donors (Lipinski definition) is 5. The van der Waals surface area contributed by atoms with Crippen molar-refractivity contribution >= 4 is 19.4 Å². The number of carbonyl (C=O) groups excluding carboxylic acids is 2. The van der Waals surface area contributed by atoms with Gasteiger partial charge in [0.25, 0.3) is 11.8 Å². The number of aliphatic hydroxyl groups is 3. The summed E-state index contributed by atoms with van der Waals surface area (Å²) in [5.74, 6) is -0.773. The van der Waals surface area contributed by atoms with Crippen molar-refractivity contribution < 1.29 is 53.6 Å². The van der Waals surface area contributed by atoms with Gasteiger partial charge in [0.2, 0.25) is 0 Å². The molecule has 30 heavy (non-hydrogen) atoms. The van der Waals surface area contributed by atoms with Crippen LogP contribution in [0.15, 0.2) is 36.2 Å². The van der Waals surface area contributed by atoms with Gasteiger partial charge in [0.15, 0.2) is 6.29 Å². The highest BCUT2D eigenvalue weighted by Gasteiger charge is 2.43. The van der Waals surface area contributed by atoms with Crippen molar-refractivity contribution in [2.45, 2.75) is 30.7 Å². The second kappa shape index (κ2) is 9.02. The maximum absolute atomic E-state index is 12.2. The lowest BCUT2D eigenvalue weighted by molar-refractivity contribution is -0.290. The molecule has 0 aliphatic carbocycles. The van der Waals surface area contributed by atoms with Gasteiger partial charge in [0.1, 0.15) is 24.4 Å². The van der Waals surface area contributed by atoms with Gasteiger partial charge in [0.05, 0.1) is 24.3 Å². The standard InChI is InChI=1S/C17H20NO11P/c19-12-11(5-8-30(24,25)26)29-17(14(21)13(12)20)27-6-7-28-18-15(22)9-3-1-2-4-10(9)16(18)23/h1-5,8,11-14,17,19-21H,6-7H2,(H2,24,25,26)/b8-5+/t11?,12-,13?,14-,17+/m1/s1. The molecule has 0 spiro atoms. The number of hydrogen-bond acceptors (Lipinski definition) is 9. The maximum Gasteiger partial charge on any atom is 0.348 e. The van der Waals surface area contributed by atoms with Crippen LogP contribution in [0, 0.1) is 0 Å². The minimum atomic E-state index is -4.53. The van der Waals surface area contributed by atoms with Crippen molar-refractivity contribution in [3.8, 4) is 0 Å². The normalized spacial score (nSPS) is 29.6. The molecule has 1 fully saturated rings. The van der Waals surface area contributed by atoms with Gasteiger partial charge in [-0.15, -0.1) is 5.06 Å². The Kier molecular flexibility index (Phi) is 6.82. The van der Waals surface area contributed by atoms with Gasteiger partial charge in [-0.25, -0.2) is 0 Å². The summed E-state index contributed by atoms with van der Waals surface area (Å²) in [7, 11) is -4.53. The van der Waals surface area contributed by atoms with E-state index in [9.17, 15) is 29.5 Å². The number of carbonyl (C=O) groups is 2. The molecule has 2 amide bonds. The zero-order valence-electron chi connectivity index (χ0n) is 15.3. The molecule has 13 heteroatoms. The molecule has 1 aromatic carbocycles. The third-order valence-corrected chi connectivity index (χ3v) is 4.98. The van der Waals surface area contributed by atoms with Gasteiger partial charge in [-0.3, -0.25) is 19.0 Å². The van der Waals surface area contributed by atoms with Crippen molar-refractivity contribution in [2.75, 3.05) is 13.2 Å². The number of amides is 2. The number of hydroxylamine groups is 2. The van der Waals surface area contributed by atoms with Gasteiger partial charge in [-0.2, -0.15) is 0 Å². The number of benzene rings is 1. The van der Waals surface area contributed by atoms with Crippen LogP contribution in [0.2, 0.25) is 0 Å². The van der Waals surface area contributed by atoms with E-state index in [1.807, 2.05) is 0 Å². The summed E-state index contributed by atoms with van der Waals surface area (Å²) in [6, 6.07) is 6.18. The summed E-state index contributed by atoms with van der Waals surface area (Å²) in [4.78, 5) is 47.2. The number of ether oxygens (including phenoxy) is 2. The van der Waals surface area contributed by atoms with Gasteiger partial charge < -0.3 is 34.6 Å². The molecule has 2 aliphatic heterocycles. The highest BCUT2D eigenvalue weighted by molar-refractivity contribution is 7.55. The first kappa shape index (κ1) is 22.7. The summed E-state index contributed by atoms with van der Waals surface area (Å²) in [6.45, 7) is -0.577. The Balaban J connectivity index is 1.54. The van der Waals surface area contributed by atoms with E-state index in [1.165, 1.54) is 12.1 Å². The topological polar surface area (TPSA) is 183 Å². The Morgan fingerprint density at radius 2 is 1.60 bits per heavy atom. The van der Waals surface area contributed by atoms with Crippen LogP contribution in [-0.2, 0) is 18.9 Å². The molecule has 5 N–H and O–H groups in total. The molecular formula is C17H20NO11P. The SMILES string of the molecule is O=C1c2ccccc2C(=O)N1OCCO[C@H]1OC(/C=C/P(=O)(O)O)[C@@H](O)C(O)[C@H]1O. The Morgan fingerprint density at radius 3 is 2.17 bits per heavy atom. The van der Waals surface area contributed by atoms with Crippen LogP contribution < -0.4 is 0 Å². The van der Waals surface area contributed by atoms with Crippen LogP contribution in [-0.4, -0.2) is 85.9 Å². The van der Waals surface area contributed by atoms with E-state index in [4.69, 9.17) is 24.1 Å². The van der Waals surface area contributed by atoms with Crippen LogP contribution in [0.4, 0.5) is 0 Å². The molecule has 0 radical (unpaired) electrons. The first-order valence-electron chi connectivity index (χ1n) is 8.77. The minimum absolute atomic E-state index is 0.200. The van der Waals surface area contributed by atoms with E-state index in [1.54, 1.807) is 12.1 Å². The van der Waals surface area contributed by atoms with Gasteiger partial charge in [-0.1, -0.05) is 12.1 Å². The molecule has 0 saturated carbocycles. The minimum Gasteiger partial charge on any atom is -0.387 e. The van der Waals surface area contributed by atoms with Crippen LogP contribution in [0.1, 0.15) is 20.7 Å². The monoisotopic (exact) mass is 445 g/mol. The molecule has 12 nitrogen and oxygen atoms in total. The highest BCUT2D eigenvalue weighted by Crippen LogP contribution is 2.37. The van der Waals surface area contributed by atoms with E-state index in [0.717, 1.165) is 6.08 Å². The molecule has 164 valence electrons. The Hall–Kier alpha value is -1.99. The van der Waals surface area contributed by atoms with E-state index in [0.29, 0.717) is 10.9 Å². The fourth-order valence-corrected chi connectivity index (χ4v) is 3.34. The molecule has 2 heterocycles. The molecule has 2 aliphatic rings. The van der Waals surface area contributed by atoms with Crippen LogP contribution in [0.25, 0.3) is 0 Å². The first-order valence-corrected chi connectivity index (χ1v) is 10.4. The average molecular weight is 445 g/mol. The predicted octanol–water partition coefficient (Wildman–Crippen LogP) is -1.27. The summed E-state index contributed by atoms with van der Waals surface area (Å²) < 4.78 is 21.4. The van der Waals surface area contributed by atoms with Crippen molar-refractivity contribution in [1.82, 2.24) is 5.06 Å². The summed E-state index contributed by atoms with van der Waals surface area (Å²) >= 11 is 0. The molecule has 0 bridgehead atoms. The third-order valence-electron chi connectivity index (χ3n) is 4.42. The van der Waals surface area contributed by atoms with Crippen molar-refractivity contribution in [3.05, 3.63) is 47.3 Å². The van der Waals surface area contributed by atoms with Crippen molar-refractivity contribution in [3.63, 3.8) is 0 Å². The van der Waals surface area contributed by atoms with Gasteiger partial charge in [0, 0.05) is 5.82 Å². The lowest BCUT2D eigenvalue weighted by atomic mass is 9.99. The van der Waals surface area contributed by atoms with E-state index >= 15 is 0 Å². The first-order chi connectivity index (χ1) is 14.1. The lowest BCUT2D eigenvalue weighted by Crippen LogP contribution is -2.57. The quantitative estimate of drug-likeness (QED) is 0.192. The number of imide groups is 1. The third kappa shape index (κ3) is 4.83. The summed E-state index contributed by atoms with van der Waals surface area (Å²) in [6.07, 6.45) is -7.02. The average Bonchev–Trinajstić information content (AvgIpc) is 2.94. The second-order valence-electron chi connectivity index (χ2n) is 6.53. The summed E-state index contributed by atoms with van der Waals surface area (Å²) in [5, 5.41) is 30.3. The maximum atomic E-state index is 12.2. The number of fused-ring (bicyclic) bond motifs is 1. The predicted molar refractivity (Wildman–Crippen MR) is 96.7 cm³/mol. The smallest absolute Gasteiger partial charge is 0.348 e. The molecule has 5 atom stereocenters. The van der Waals surface area contributed by atoms with Crippen LogP contribution in [0.3, 0.4) is 0 Å². The van der Waals surface area contributed by atoms with E-state index in [2.05, 4.69) is 0 Å². The Labute approximate surface area is 170 Å². The molecule has 1 aromatic rings. The lowest BCUT2D eigenvalue weighted by Gasteiger charge is -2.39. The zero-order valence-corrected chi connectivity index (χ0v) is 16.2. The fraction of sp³-hybridized carbons (Fsp3) is 0.412. The fourth-order valence-electron chi connectivity index (χ4n) is 2.94. The van der Waals surface area contributed by atoms with Crippen LogP contribution in [0.5, 0.6) is 0 Å². The van der Waals surface area contributed by atoms with Crippen LogP contribution >= 0.6 is 7.60 Å². The Morgan fingerprint density at radius 1 is 1.00 bits per heavy atom. The molecule has 2 unspecified atom stereocenters. The van der Waals surface area contributed by atoms with Gasteiger partial charge >= 0.3 is 7.60 Å². The molecular weight excluding hydrogens is 425 g/mol. The Bertz CT molecular complexity index is 849. The number of rotatable bonds is 7. The molecule has 1 saturated heterocycles. The highest BCUT2D eigenvalue weighted by atomic mass is 31.2.